The third-order valence-electron chi connectivity index (χ3n) is 6.17. The SMILES string of the molecule is CCOC(=O)c1c(NC(=O)CSc2nc(C)cc(COC)c2C#N)sc2c1CC[C@H](C(C)(C)C)C2. The predicted octanol–water partition coefficient (Wildman–Crippen LogP) is 5.53. The Labute approximate surface area is 215 Å². The van der Waals surface area contributed by atoms with Crippen LogP contribution in [0.2, 0.25) is 0 Å². The van der Waals surface area contributed by atoms with Crippen LogP contribution in [0.25, 0.3) is 0 Å². The molecule has 1 aliphatic carbocycles. The number of aromatic nitrogens is 1. The number of thioether (sulfide) groups is 1. The normalized spacial score (nSPS) is 15.3. The van der Waals surface area contributed by atoms with Gasteiger partial charge >= 0.3 is 5.97 Å². The topological polar surface area (TPSA) is 101 Å². The van der Waals surface area contributed by atoms with Crippen LogP contribution in [0.1, 0.15) is 71.7 Å². The Bertz CT molecular complexity index is 1140. The van der Waals surface area contributed by atoms with Gasteiger partial charge in [0.05, 0.1) is 30.1 Å². The van der Waals surface area contributed by atoms with Gasteiger partial charge in [-0.25, -0.2) is 9.78 Å². The molecular weight excluding hydrogens is 482 g/mol. The molecule has 35 heavy (non-hydrogen) atoms. The molecule has 0 saturated carbocycles. The summed E-state index contributed by atoms with van der Waals surface area (Å²) in [5, 5.41) is 13.6. The van der Waals surface area contributed by atoms with Gasteiger partial charge in [-0.15, -0.1) is 11.3 Å². The molecule has 3 rings (SSSR count). The van der Waals surface area contributed by atoms with Crippen molar-refractivity contribution in [3.05, 3.63) is 38.9 Å². The van der Waals surface area contributed by atoms with E-state index in [-0.39, 0.29) is 23.7 Å². The van der Waals surface area contributed by atoms with E-state index in [1.165, 1.54) is 23.1 Å². The lowest BCUT2D eigenvalue weighted by Gasteiger charge is -2.33. The lowest BCUT2D eigenvalue weighted by atomic mass is 9.72. The Kier molecular flexibility index (Phi) is 8.97. The second-order valence-corrected chi connectivity index (χ2v) is 11.8. The highest BCUT2D eigenvalue weighted by molar-refractivity contribution is 8.00. The maximum atomic E-state index is 12.9. The van der Waals surface area contributed by atoms with Crippen molar-refractivity contribution in [2.24, 2.45) is 11.3 Å². The third-order valence-corrected chi connectivity index (χ3v) is 8.32. The highest BCUT2D eigenvalue weighted by atomic mass is 32.2. The van der Waals surface area contributed by atoms with Crippen molar-refractivity contribution in [2.75, 3.05) is 24.8 Å². The molecule has 0 fully saturated rings. The number of anilines is 1. The number of amides is 1. The fourth-order valence-electron chi connectivity index (χ4n) is 4.33. The Morgan fingerprint density at radius 2 is 2.11 bits per heavy atom. The number of ether oxygens (including phenoxy) is 2. The van der Waals surface area contributed by atoms with Crippen LogP contribution in [0.5, 0.6) is 0 Å². The summed E-state index contributed by atoms with van der Waals surface area (Å²) in [6.45, 7) is 10.9. The summed E-state index contributed by atoms with van der Waals surface area (Å²) >= 11 is 2.68. The standard InChI is InChI=1S/C26H33N3O4S2/c1-7-33-25(31)22-18-9-8-17(26(3,4)5)11-20(18)35-24(22)29-21(30)14-34-23-19(12-27)16(13-32-6)10-15(2)28-23/h10,17H,7-9,11,13-14H2,1-6H3,(H,29,30)/t17-/m0/s1. The van der Waals surface area contributed by atoms with Gasteiger partial charge in [0.1, 0.15) is 16.1 Å². The van der Waals surface area contributed by atoms with Crippen molar-refractivity contribution >= 4 is 40.0 Å². The fraction of sp³-hybridized carbons (Fsp3) is 0.538. The van der Waals surface area contributed by atoms with Crippen molar-refractivity contribution in [2.45, 2.75) is 65.5 Å². The number of aryl methyl sites for hydroxylation is 1. The van der Waals surface area contributed by atoms with Crippen molar-refractivity contribution in [1.29, 1.82) is 5.26 Å². The predicted molar refractivity (Wildman–Crippen MR) is 139 cm³/mol. The monoisotopic (exact) mass is 515 g/mol. The van der Waals surface area contributed by atoms with Gasteiger partial charge in [-0.1, -0.05) is 32.5 Å². The second-order valence-electron chi connectivity index (χ2n) is 9.72. The van der Waals surface area contributed by atoms with E-state index in [1.807, 2.05) is 13.0 Å². The van der Waals surface area contributed by atoms with Crippen LogP contribution in [0.15, 0.2) is 11.1 Å². The minimum absolute atomic E-state index is 0.0625. The molecule has 2 aromatic rings. The van der Waals surface area contributed by atoms with E-state index in [1.54, 1.807) is 14.0 Å². The van der Waals surface area contributed by atoms with Crippen LogP contribution in [0, 0.1) is 29.6 Å². The summed E-state index contributed by atoms with van der Waals surface area (Å²) < 4.78 is 10.5. The summed E-state index contributed by atoms with van der Waals surface area (Å²) in [5.74, 6) is -0.0705. The van der Waals surface area contributed by atoms with Gasteiger partial charge in [-0.05, 0) is 61.6 Å². The number of pyridine rings is 1. The molecule has 2 heterocycles. The highest BCUT2D eigenvalue weighted by Crippen LogP contribution is 2.44. The number of rotatable bonds is 8. The molecule has 0 spiro atoms. The summed E-state index contributed by atoms with van der Waals surface area (Å²) in [4.78, 5) is 31.4. The van der Waals surface area contributed by atoms with Gasteiger partial charge in [0.25, 0.3) is 0 Å². The average molecular weight is 516 g/mol. The number of hydrogen-bond donors (Lipinski definition) is 1. The van der Waals surface area contributed by atoms with Gasteiger partial charge in [0.2, 0.25) is 5.91 Å². The molecule has 2 aromatic heterocycles. The Morgan fingerprint density at radius 1 is 1.37 bits per heavy atom. The number of esters is 1. The molecule has 1 atom stereocenters. The van der Waals surface area contributed by atoms with Crippen LogP contribution in [-0.2, 0) is 33.7 Å². The number of hydrogen-bond acceptors (Lipinski definition) is 8. The van der Waals surface area contributed by atoms with E-state index >= 15 is 0 Å². The van der Waals surface area contributed by atoms with Crippen LogP contribution >= 0.6 is 23.1 Å². The van der Waals surface area contributed by atoms with Crippen molar-refractivity contribution < 1.29 is 19.1 Å². The van der Waals surface area contributed by atoms with E-state index in [0.29, 0.717) is 33.7 Å². The molecule has 0 aliphatic heterocycles. The second kappa shape index (κ2) is 11.5. The minimum atomic E-state index is -0.390. The van der Waals surface area contributed by atoms with Gasteiger partial charge < -0.3 is 14.8 Å². The smallest absolute Gasteiger partial charge is 0.341 e. The Morgan fingerprint density at radius 3 is 2.74 bits per heavy atom. The first kappa shape index (κ1) is 27.2. The average Bonchev–Trinajstić information content (AvgIpc) is 3.14. The molecule has 0 bridgehead atoms. The number of methoxy groups -OCH3 is 1. The van der Waals surface area contributed by atoms with Crippen molar-refractivity contribution in [1.82, 2.24) is 4.98 Å². The van der Waals surface area contributed by atoms with Gasteiger partial charge in [0, 0.05) is 17.7 Å². The van der Waals surface area contributed by atoms with E-state index in [2.05, 4.69) is 37.1 Å². The Balaban J connectivity index is 1.82. The van der Waals surface area contributed by atoms with E-state index in [0.717, 1.165) is 41.0 Å². The molecule has 0 unspecified atom stereocenters. The largest absolute Gasteiger partial charge is 0.462 e. The zero-order valence-electron chi connectivity index (χ0n) is 21.2. The Hall–Kier alpha value is -2.41. The molecular formula is C26H33N3O4S2. The molecule has 0 saturated heterocycles. The molecule has 1 aliphatic rings. The number of nitrogens with one attached hydrogen (secondary N) is 1. The maximum absolute atomic E-state index is 12.9. The minimum Gasteiger partial charge on any atom is -0.462 e. The van der Waals surface area contributed by atoms with Crippen LogP contribution < -0.4 is 5.32 Å². The highest BCUT2D eigenvalue weighted by Gasteiger charge is 2.34. The van der Waals surface area contributed by atoms with E-state index in [9.17, 15) is 14.9 Å². The first-order valence-corrected chi connectivity index (χ1v) is 13.5. The molecule has 0 radical (unpaired) electrons. The quantitative estimate of drug-likeness (QED) is 0.364. The first-order chi connectivity index (χ1) is 16.6. The summed E-state index contributed by atoms with van der Waals surface area (Å²) in [5.41, 5.74) is 3.59. The van der Waals surface area contributed by atoms with Crippen molar-refractivity contribution in [3.8, 4) is 6.07 Å². The molecule has 7 nitrogen and oxygen atoms in total. The van der Waals surface area contributed by atoms with Gasteiger partial charge in [-0.2, -0.15) is 5.26 Å². The van der Waals surface area contributed by atoms with Crippen LogP contribution in [0.3, 0.4) is 0 Å². The van der Waals surface area contributed by atoms with Gasteiger partial charge in [0.15, 0.2) is 0 Å². The number of carbonyl (C=O) groups is 2. The summed E-state index contributed by atoms with van der Waals surface area (Å²) in [6, 6.07) is 4.00. The molecule has 9 heteroatoms. The molecule has 0 aromatic carbocycles. The lowest BCUT2D eigenvalue weighted by molar-refractivity contribution is -0.113. The maximum Gasteiger partial charge on any atom is 0.341 e. The zero-order chi connectivity index (χ0) is 25.8. The van der Waals surface area contributed by atoms with Gasteiger partial charge in [-0.3, -0.25) is 4.79 Å². The molecule has 188 valence electrons. The summed E-state index contributed by atoms with van der Waals surface area (Å²) in [7, 11) is 1.57. The van der Waals surface area contributed by atoms with Crippen LogP contribution in [0.4, 0.5) is 5.00 Å². The molecule has 1 amide bonds. The lowest BCUT2D eigenvalue weighted by Crippen LogP contribution is -2.26. The third kappa shape index (κ3) is 6.43. The molecule has 1 N–H and O–H groups in total. The first-order valence-electron chi connectivity index (χ1n) is 11.7. The number of nitrogens with zero attached hydrogens (tertiary/aromatic N) is 2. The zero-order valence-corrected chi connectivity index (χ0v) is 22.9. The van der Waals surface area contributed by atoms with Crippen molar-refractivity contribution in [3.63, 3.8) is 0 Å². The van der Waals surface area contributed by atoms with Crippen LogP contribution in [-0.4, -0.2) is 36.3 Å². The number of nitriles is 1. The number of thiophene rings is 1. The number of fused-ring (bicyclic) bond motifs is 1. The fourth-order valence-corrected chi connectivity index (χ4v) is 6.53. The summed E-state index contributed by atoms with van der Waals surface area (Å²) in [6.07, 6.45) is 2.69. The van der Waals surface area contributed by atoms with E-state index < -0.39 is 5.97 Å². The number of carbonyl (C=O) groups excluding carboxylic acids is 2. The van der Waals surface area contributed by atoms with E-state index in [4.69, 9.17) is 9.47 Å².